The van der Waals surface area contributed by atoms with Crippen molar-refractivity contribution in [2.24, 2.45) is 11.8 Å². The highest BCUT2D eigenvalue weighted by Crippen LogP contribution is 2.36. The van der Waals surface area contributed by atoms with Crippen LogP contribution >= 0.6 is 0 Å². The predicted molar refractivity (Wildman–Crippen MR) is 53.8 cm³/mol. The second-order valence-electron chi connectivity index (χ2n) is 4.05. The number of aromatic nitrogens is 1. The van der Waals surface area contributed by atoms with Crippen molar-refractivity contribution in [1.82, 2.24) is 10.3 Å². The molecule has 1 aliphatic rings. The lowest BCUT2D eigenvalue weighted by Crippen LogP contribution is -2.26. The third-order valence-corrected chi connectivity index (χ3v) is 2.79. The summed E-state index contributed by atoms with van der Waals surface area (Å²) in [5.41, 5.74) is 0.407. The number of rotatable bonds is 3. The highest BCUT2D eigenvalue weighted by molar-refractivity contribution is 5.93. The fourth-order valence-corrected chi connectivity index (χ4v) is 1.52. The van der Waals surface area contributed by atoms with Crippen molar-refractivity contribution in [2.45, 2.75) is 13.3 Å². The van der Waals surface area contributed by atoms with Crippen LogP contribution in [-0.4, -0.2) is 17.4 Å². The van der Waals surface area contributed by atoms with E-state index in [9.17, 15) is 9.18 Å². The molecule has 1 heterocycles. The normalized spacial score (nSPS) is 23.6. The third kappa shape index (κ3) is 2.52. The summed E-state index contributed by atoms with van der Waals surface area (Å²) in [4.78, 5) is 15.0. The first-order valence-electron chi connectivity index (χ1n) is 5.06. The summed E-state index contributed by atoms with van der Waals surface area (Å²) in [6, 6.07) is 2.63. The molecule has 1 saturated carbocycles. The van der Waals surface area contributed by atoms with Crippen molar-refractivity contribution in [3.8, 4) is 0 Å². The van der Waals surface area contributed by atoms with Crippen molar-refractivity contribution in [2.75, 3.05) is 6.54 Å². The highest BCUT2D eigenvalue weighted by Gasteiger charge is 2.32. The van der Waals surface area contributed by atoms with E-state index in [2.05, 4.69) is 17.2 Å². The topological polar surface area (TPSA) is 42.0 Å². The number of amides is 1. The molecule has 1 aromatic heterocycles. The van der Waals surface area contributed by atoms with E-state index in [1.807, 2.05) is 0 Å². The fraction of sp³-hybridized carbons (Fsp3) is 0.455. The molecule has 0 saturated heterocycles. The second kappa shape index (κ2) is 3.96. The van der Waals surface area contributed by atoms with Gasteiger partial charge in [-0.25, -0.2) is 4.98 Å². The lowest BCUT2D eigenvalue weighted by Gasteiger charge is -2.03. The van der Waals surface area contributed by atoms with Crippen molar-refractivity contribution < 1.29 is 9.18 Å². The van der Waals surface area contributed by atoms with Gasteiger partial charge >= 0.3 is 0 Å². The largest absolute Gasteiger partial charge is 0.352 e. The van der Waals surface area contributed by atoms with Gasteiger partial charge in [-0.3, -0.25) is 4.79 Å². The summed E-state index contributed by atoms with van der Waals surface area (Å²) in [6.45, 7) is 2.87. The van der Waals surface area contributed by atoms with Gasteiger partial charge in [-0.2, -0.15) is 4.39 Å². The van der Waals surface area contributed by atoms with E-state index in [0.717, 1.165) is 5.92 Å². The molecule has 3 nitrogen and oxygen atoms in total. The molecule has 1 N–H and O–H groups in total. The molecule has 4 heteroatoms. The number of hydrogen-bond donors (Lipinski definition) is 1. The molecule has 1 aromatic rings. The van der Waals surface area contributed by atoms with Gasteiger partial charge in [-0.1, -0.05) is 6.92 Å². The van der Waals surface area contributed by atoms with Crippen LogP contribution in [0.2, 0.25) is 0 Å². The zero-order valence-corrected chi connectivity index (χ0v) is 8.53. The van der Waals surface area contributed by atoms with Crippen molar-refractivity contribution in [3.05, 3.63) is 29.8 Å². The molecular formula is C11H13FN2O. The minimum Gasteiger partial charge on any atom is -0.352 e. The SMILES string of the molecule is CC1CC1CNC(=O)c1ccc(F)nc1. The van der Waals surface area contributed by atoms with Gasteiger partial charge in [0.1, 0.15) is 0 Å². The van der Waals surface area contributed by atoms with Gasteiger partial charge in [-0.05, 0) is 30.4 Å². The Labute approximate surface area is 87.7 Å². The molecule has 0 bridgehead atoms. The van der Waals surface area contributed by atoms with E-state index >= 15 is 0 Å². The molecule has 0 aliphatic heterocycles. The van der Waals surface area contributed by atoms with Gasteiger partial charge in [0.25, 0.3) is 5.91 Å². The van der Waals surface area contributed by atoms with Crippen LogP contribution in [0.25, 0.3) is 0 Å². The minimum absolute atomic E-state index is 0.179. The van der Waals surface area contributed by atoms with Crippen LogP contribution < -0.4 is 5.32 Å². The number of carbonyl (C=O) groups is 1. The van der Waals surface area contributed by atoms with Crippen LogP contribution in [0.5, 0.6) is 0 Å². The van der Waals surface area contributed by atoms with Gasteiger partial charge < -0.3 is 5.32 Å². The van der Waals surface area contributed by atoms with Crippen LogP contribution in [0.1, 0.15) is 23.7 Å². The van der Waals surface area contributed by atoms with Gasteiger partial charge in [-0.15, -0.1) is 0 Å². The molecule has 0 radical (unpaired) electrons. The molecule has 2 atom stereocenters. The van der Waals surface area contributed by atoms with Crippen LogP contribution in [0.3, 0.4) is 0 Å². The summed E-state index contributed by atoms with van der Waals surface area (Å²) in [6.07, 6.45) is 2.43. The predicted octanol–water partition coefficient (Wildman–Crippen LogP) is 1.61. The minimum atomic E-state index is -0.567. The fourth-order valence-electron chi connectivity index (χ4n) is 1.52. The molecule has 80 valence electrons. The van der Waals surface area contributed by atoms with E-state index in [1.165, 1.54) is 24.8 Å². The second-order valence-corrected chi connectivity index (χ2v) is 4.05. The zero-order valence-electron chi connectivity index (χ0n) is 8.53. The van der Waals surface area contributed by atoms with Crippen LogP contribution in [0.4, 0.5) is 4.39 Å². The number of nitrogens with zero attached hydrogens (tertiary/aromatic N) is 1. The van der Waals surface area contributed by atoms with Gasteiger partial charge in [0.05, 0.1) is 5.56 Å². The van der Waals surface area contributed by atoms with Crippen LogP contribution in [0.15, 0.2) is 18.3 Å². The molecule has 1 aliphatic carbocycles. The van der Waals surface area contributed by atoms with Crippen molar-refractivity contribution in [3.63, 3.8) is 0 Å². The van der Waals surface area contributed by atoms with Crippen molar-refractivity contribution >= 4 is 5.91 Å². The number of carbonyl (C=O) groups excluding carboxylic acids is 1. The first kappa shape index (κ1) is 10.1. The van der Waals surface area contributed by atoms with Crippen molar-refractivity contribution in [1.29, 1.82) is 0 Å². The first-order valence-corrected chi connectivity index (χ1v) is 5.06. The summed E-state index contributed by atoms with van der Waals surface area (Å²) >= 11 is 0. The molecule has 2 rings (SSSR count). The highest BCUT2D eigenvalue weighted by atomic mass is 19.1. The molecule has 1 fully saturated rings. The van der Waals surface area contributed by atoms with Gasteiger partial charge in [0, 0.05) is 12.7 Å². The average Bonchev–Trinajstić information content (AvgIpc) is 2.92. The molecule has 1 amide bonds. The Morgan fingerprint density at radius 1 is 1.67 bits per heavy atom. The summed E-state index contributed by atoms with van der Waals surface area (Å²) in [5.74, 6) is 0.586. The molecule has 0 aromatic carbocycles. The maximum Gasteiger partial charge on any atom is 0.252 e. The Bertz CT molecular complexity index is 363. The monoisotopic (exact) mass is 208 g/mol. The Morgan fingerprint density at radius 3 is 2.93 bits per heavy atom. The number of halogens is 1. The number of pyridine rings is 1. The first-order chi connectivity index (χ1) is 7.16. The Balaban J connectivity index is 1.87. The van der Waals surface area contributed by atoms with Gasteiger partial charge in [0.15, 0.2) is 0 Å². The number of nitrogens with one attached hydrogen (secondary N) is 1. The van der Waals surface area contributed by atoms with E-state index < -0.39 is 5.95 Å². The van der Waals surface area contributed by atoms with E-state index in [1.54, 1.807) is 0 Å². The van der Waals surface area contributed by atoms with Gasteiger partial charge in [0.2, 0.25) is 5.95 Å². The standard InChI is InChI=1S/C11H13FN2O/c1-7-4-9(7)6-14-11(15)8-2-3-10(12)13-5-8/h2-3,5,7,9H,4,6H2,1H3,(H,14,15). The zero-order chi connectivity index (χ0) is 10.8. The maximum absolute atomic E-state index is 12.5. The summed E-state index contributed by atoms with van der Waals surface area (Å²) < 4.78 is 12.5. The smallest absolute Gasteiger partial charge is 0.252 e. The Morgan fingerprint density at radius 2 is 2.40 bits per heavy atom. The Hall–Kier alpha value is -1.45. The van der Waals surface area contributed by atoms with E-state index in [4.69, 9.17) is 0 Å². The third-order valence-electron chi connectivity index (χ3n) is 2.79. The molecule has 0 spiro atoms. The lowest BCUT2D eigenvalue weighted by molar-refractivity contribution is 0.0951. The summed E-state index contributed by atoms with van der Waals surface area (Å²) in [7, 11) is 0. The average molecular weight is 208 g/mol. The molecule has 2 unspecified atom stereocenters. The Kier molecular flexibility index (Phi) is 2.66. The van der Waals surface area contributed by atoms with E-state index in [0.29, 0.717) is 18.0 Å². The molecule has 15 heavy (non-hydrogen) atoms. The number of hydrogen-bond acceptors (Lipinski definition) is 2. The lowest BCUT2D eigenvalue weighted by atomic mass is 10.2. The quantitative estimate of drug-likeness (QED) is 0.767. The van der Waals surface area contributed by atoms with Crippen LogP contribution in [-0.2, 0) is 0 Å². The van der Waals surface area contributed by atoms with E-state index in [-0.39, 0.29) is 5.91 Å². The maximum atomic E-state index is 12.5. The molecular weight excluding hydrogens is 195 g/mol. The van der Waals surface area contributed by atoms with Crippen LogP contribution in [0, 0.1) is 17.8 Å². The summed E-state index contributed by atoms with van der Waals surface area (Å²) in [5, 5.41) is 2.81.